The van der Waals surface area contributed by atoms with Crippen molar-refractivity contribution in [3.8, 4) is 0 Å². The van der Waals surface area contributed by atoms with Crippen molar-refractivity contribution in [2.75, 3.05) is 16.8 Å². The van der Waals surface area contributed by atoms with E-state index in [-0.39, 0.29) is 29.2 Å². The molecule has 4 aliphatic rings. The number of esters is 1. The Balaban J connectivity index is 1.09. The fraction of sp³-hybridized carbons (Fsp3) is 0.152. The van der Waals surface area contributed by atoms with Crippen LogP contribution in [0.15, 0.2) is 91.0 Å². The largest absolute Gasteiger partial charge is 0.452 e. The predicted octanol–water partition coefficient (Wildman–Crippen LogP) is 6.19. The topological polar surface area (TPSA) is 92.8 Å². The number of nitrogens with zero attached hydrogens (tertiary/aromatic N) is 1. The van der Waals surface area contributed by atoms with Gasteiger partial charge in [-0.3, -0.25) is 14.4 Å². The summed E-state index contributed by atoms with van der Waals surface area (Å²) in [4.78, 5) is 54.0. The third-order valence-corrected chi connectivity index (χ3v) is 8.91. The van der Waals surface area contributed by atoms with E-state index in [1.807, 2.05) is 24.3 Å². The van der Waals surface area contributed by atoms with Gasteiger partial charge in [-0.2, -0.15) is 0 Å². The zero-order chi connectivity index (χ0) is 29.1. The number of benzene rings is 4. The molecule has 0 radical (unpaired) electrons. The first kappa shape index (κ1) is 26.4. The number of nitrogens with one attached hydrogen (secondary N) is 1. The number of anilines is 2. The Morgan fingerprint density at radius 2 is 1.26 bits per heavy atom. The highest BCUT2D eigenvalue weighted by molar-refractivity contribution is 6.35. The predicted molar refractivity (Wildman–Crippen MR) is 158 cm³/mol. The summed E-state index contributed by atoms with van der Waals surface area (Å²) in [6.45, 7) is -0.542. The average molecular weight is 597 g/mol. The maximum atomic E-state index is 13.9. The van der Waals surface area contributed by atoms with Crippen LogP contribution in [0.25, 0.3) is 0 Å². The van der Waals surface area contributed by atoms with E-state index in [1.165, 1.54) is 23.1 Å². The highest BCUT2D eigenvalue weighted by atomic mass is 35.5. The number of halogens is 2. The maximum Gasteiger partial charge on any atom is 0.338 e. The molecule has 0 unspecified atom stereocenters. The lowest BCUT2D eigenvalue weighted by molar-refractivity contribution is -0.122. The van der Waals surface area contributed by atoms with Crippen LogP contribution >= 0.6 is 23.2 Å². The van der Waals surface area contributed by atoms with Crippen molar-refractivity contribution >= 4 is 58.3 Å². The van der Waals surface area contributed by atoms with Crippen molar-refractivity contribution < 1.29 is 23.9 Å². The maximum absolute atomic E-state index is 13.9. The molecule has 42 heavy (non-hydrogen) atoms. The second-order valence-corrected chi connectivity index (χ2v) is 11.4. The van der Waals surface area contributed by atoms with E-state index in [1.54, 1.807) is 24.3 Å². The van der Waals surface area contributed by atoms with E-state index in [4.69, 9.17) is 27.9 Å². The van der Waals surface area contributed by atoms with Crippen LogP contribution in [0.4, 0.5) is 11.4 Å². The molecule has 7 nitrogen and oxygen atoms in total. The van der Waals surface area contributed by atoms with Gasteiger partial charge in [0.25, 0.3) is 5.91 Å². The molecule has 8 rings (SSSR count). The fourth-order valence-electron chi connectivity index (χ4n) is 6.67. The van der Waals surface area contributed by atoms with Crippen molar-refractivity contribution in [2.45, 2.75) is 11.8 Å². The molecule has 3 amide bonds. The minimum Gasteiger partial charge on any atom is -0.452 e. The van der Waals surface area contributed by atoms with Gasteiger partial charge in [0.05, 0.1) is 33.8 Å². The van der Waals surface area contributed by atoms with Crippen molar-refractivity contribution in [3.05, 3.63) is 129 Å². The summed E-state index contributed by atoms with van der Waals surface area (Å²) < 4.78 is 5.15. The molecule has 2 atom stereocenters. The first-order valence-electron chi connectivity index (χ1n) is 13.4. The monoisotopic (exact) mass is 596 g/mol. The Labute approximate surface area is 251 Å². The molecule has 9 heteroatoms. The number of amides is 3. The number of carbonyl (C=O) groups is 4. The molecule has 1 heterocycles. The lowest BCUT2D eigenvalue weighted by Gasteiger charge is -2.45. The van der Waals surface area contributed by atoms with Gasteiger partial charge >= 0.3 is 5.97 Å². The summed E-state index contributed by atoms with van der Waals surface area (Å²) in [7, 11) is 0. The lowest BCUT2D eigenvalue weighted by atomic mass is 9.55. The van der Waals surface area contributed by atoms with Crippen LogP contribution in [-0.2, 0) is 19.1 Å². The Morgan fingerprint density at radius 3 is 1.79 bits per heavy atom. The van der Waals surface area contributed by atoms with Gasteiger partial charge in [-0.05, 0) is 64.7 Å². The number of imide groups is 1. The molecule has 2 bridgehead atoms. The zero-order valence-electron chi connectivity index (χ0n) is 21.9. The Kier molecular flexibility index (Phi) is 6.37. The van der Waals surface area contributed by atoms with E-state index in [2.05, 4.69) is 29.6 Å². The molecule has 1 fully saturated rings. The quantitative estimate of drug-likeness (QED) is 0.219. The fourth-order valence-corrected chi connectivity index (χ4v) is 7.01. The van der Waals surface area contributed by atoms with Gasteiger partial charge < -0.3 is 10.1 Å². The third kappa shape index (κ3) is 4.11. The van der Waals surface area contributed by atoms with Gasteiger partial charge in [-0.1, -0.05) is 71.7 Å². The molecule has 1 N–H and O–H groups in total. The number of rotatable bonds is 5. The lowest BCUT2D eigenvalue weighted by Crippen LogP contribution is -2.41. The van der Waals surface area contributed by atoms with Gasteiger partial charge in [0.1, 0.15) is 0 Å². The minimum atomic E-state index is -0.731. The molecule has 4 aromatic carbocycles. The summed E-state index contributed by atoms with van der Waals surface area (Å²) in [5.74, 6) is -3.19. The van der Waals surface area contributed by atoms with Gasteiger partial charge in [0.15, 0.2) is 6.61 Å². The summed E-state index contributed by atoms with van der Waals surface area (Å²) in [6.07, 6.45) is 0. The second kappa shape index (κ2) is 10.1. The zero-order valence-corrected chi connectivity index (χ0v) is 23.4. The minimum absolute atomic E-state index is 0.170. The summed E-state index contributed by atoms with van der Waals surface area (Å²) in [5.41, 5.74) is 5.26. The molecule has 1 aliphatic heterocycles. The van der Waals surface area contributed by atoms with Gasteiger partial charge in [0.2, 0.25) is 11.8 Å². The summed E-state index contributed by atoms with van der Waals surface area (Å²) >= 11 is 12.0. The van der Waals surface area contributed by atoms with E-state index in [0.717, 1.165) is 22.3 Å². The van der Waals surface area contributed by atoms with Crippen LogP contribution in [0.1, 0.15) is 44.4 Å². The molecule has 1 saturated heterocycles. The van der Waals surface area contributed by atoms with Crippen LogP contribution in [-0.4, -0.2) is 30.3 Å². The standard InChI is InChI=1S/C33H22Cl2N2O5/c34-18-11-14-24(35)25(15-18)36-26(38)16-42-33(41)17-9-12-19(13-10-17)37-31(39)29-27-20-5-1-2-6-21(20)28(30(29)32(37)40)23-8-4-3-7-22(23)27/h1-15,27-30H,16H2,(H,36,38)/t27?,28?,29-,30+. The van der Waals surface area contributed by atoms with Crippen LogP contribution < -0.4 is 10.2 Å². The molecular weight excluding hydrogens is 575 g/mol. The van der Waals surface area contributed by atoms with E-state index in [9.17, 15) is 19.2 Å². The van der Waals surface area contributed by atoms with E-state index in [0.29, 0.717) is 21.4 Å². The van der Waals surface area contributed by atoms with Crippen molar-refractivity contribution in [1.82, 2.24) is 0 Å². The van der Waals surface area contributed by atoms with Crippen molar-refractivity contribution in [3.63, 3.8) is 0 Å². The first-order chi connectivity index (χ1) is 20.3. The Hall–Kier alpha value is -4.46. The molecule has 4 aromatic rings. The molecule has 0 saturated carbocycles. The third-order valence-electron chi connectivity index (χ3n) is 8.35. The number of hydrogen-bond donors (Lipinski definition) is 1. The van der Waals surface area contributed by atoms with Gasteiger partial charge in [-0.15, -0.1) is 0 Å². The number of carbonyl (C=O) groups excluding carboxylic acids is 4. The number of hydrogen-bond acceptors (Lipinski definition) is 5. The van der Waals surface area contributed by atoms with Crippen LogP contribution in [0, 0.1) is 11.8 Å². The van der Waals surface area contributed by atoms with Crippen LogP contribution in [0.3, 0.4) is 0 Å². The van der Waals surface area contributed by atoms with E-state index >= 15 is 0 Å². The first-order valence-corrected chi connectivity index (χ1v) is 14.2. The summed E-state index contributed by atoms with van der Waals surface area (Å²) in [6, 6.07) is 26.8. The van der Waals surface area contributed by atoms with Gasteiger partial charge in [0, 0.05) is 16.9 Å². The molecule has 0 aromatic heterocycles. The Bertz CT molecular complexity index is 1690. The van der Waals surface area contributed by atoms with Crippen molar-refractivity contribution in [2.24, 2.45) is 11.8 Å². The smallest absolute Gasteiger partial charge is 0.338 e. The second-order valence-electron chi connectivity index (χ2n) is 10.6. The SMILES string of the molecule is O=C(COC(=O)c1ccc(N2C(=O)[C@@H]3C4c5ccccc5C(c5ccccc54)[C@@H]3C2=O)cc1)Nc1cc(Cl)ccc1Cl. The van der Waals surface area contributed by atoms with Gasteiger partial charge in [-0.25, -0.2) is 9.69 Å². The molecule has 0 spiro atoms. The van der Waals surface area contributed by atoms with Crippen LogP contribution in [0.5, 0.6) is 0 Å². The van der Waals surface area contributed by atoms with Crippen molar-refractivity contribution in [1.29, 1.82) is 0 Å². The molecular formula is C33H22Cl2N2O5. The molecule has 3 aliphatic carbocycles. The Morgan fingerprint density at radius 1 is 0.738 bits per heavy atom. The molecule has 208 valence electrons. The van der Waals surface area contributed by atoms with Crippen LogP contribution in [0.2, 0.25) is 10.0 Å². The van der Waals surface area contributed by atoms with E-state index < -0.39 is 30.3 Å². The number of ether oxygens (including phenoxy) is 1. The highest BCUT2D eigenvalue weighted by Crippen LogP contribution is 2.61. The highest BCUT2D eigenvalue weighted by Gasteiger charge is 2.61. The average Bonchev–Trinajstić information content (AvgIpc) is 3.27. The normalized spacial score (nSPS) is 21.4. The summed E-state index contributed by atoms with van der Waals surface area (Å²) in [5, 5.41) is 3.23.